The van der Waals surface area contributed by atoms with Crippen LogP contribution < -0.4 is 4.90 Å². The Morgan fingerprint density at radius 1 is 1.62 bits per heavy atom. The maximum atomic E-state index is 10.8. The van der Waals surface area contributed by atoms with Gasteiger partial charge in [0.2, 0.25) is 0 Å². The van der Waals surface area contributed by atoms with E-state index >= 15 is 0 Å². The van der Waals surface area contributed by atoms with Gasteiger partial charge < -0.3 is 9.69 Å². The second-order valence-electron chi connectivity index (χ2n) is 3.99. The second-order valence-corrected chi connectivity index (χ2v) is 3.99. The first kappa shape index (κ1) is 10.6. The van der Waals surface area contributed by atoms with Gasteiger partial charge in [0.25, 0.3) is 0 Å². The number of rotatable bonds is 2. The van der Waals surface area contributed by atoms with E-state index in [0.717, 1.165) is 31.4 Å². The average molecular weight is 215 g/mol. The van der Waals surface area contributed by atoms with Crippen LogP contribution in [0.1, 0.15) is 18.4 Å². The Kier molecular flexibility index (Phi) is 3.16. The lowest BCUT2D eigenvalue weighted by Crippen LogP contribution is -2.36. The minimum atomic E-state index is 0.0838. The smallest absolute Gasteiger partial charge is 0.124 e. The van der Waals surface area contributed by atoms with Crippen LogP contribution in [-0.2, 0) is 4.79 Å². The second kappa shape index (κ2) is 4.75. The first-order valence-corrected chi connectivity index (χ1v) is 5.39. The van der Waals surface area contributed by atoms with Gasteiger partial charge in [-0.15, -0.1) is 0 Å². The van der Waals surface area contributed by atoms with E-state index in [4.69, 9.17) is 5.26 Å². The van der Waals surface area contributed by atoms with Crippen LogP contribution in [0.15, 0.2) is 18.5 Å². The van der Waals surface area contributed by atoms with Gasteiger partial charge in [-0.3, -0.25) is 4.98 Å². The Hall–Kier alpha value is -1.89. The van der Waals surface area contributed by atoms with Crippen LogP contribution in [0, 0.1) is 17.2 Å². The van der Waals surface area contributed by atoms with Crippen molar-refractivity contribution in [1.82, 2.24) is 4.98 Å². The summed E-state index contributed by atoms with van der Waals surface area (Å²) in [7, 11) is 0. The number of aldehydes is 1. The fourth-order valence-electron chi connectivity index (χ4n) is 2.07. The number of nitriles is 1. The van der Waals surface area contributed by atoms with Crippen molar-refractivity contribution in [3.05, 3.63) is 24.0 Å². The summed E-state index contributed by atoms with van der Waals surface area (Å²) in [5.74, 6) is 0.0838. The molecule has 1 aromatic heterocycles. The van der Waals surface area contributed by atoms with Gasteiger partial charge in [0.15, 0.2) is 0 Å². The summed E-state index contributed by atoms with van der Waals surface area (Å²) in [6.45, 7) is 1.59. The highest BCUT2D eigenvalue weighted by Gasteiger charge is 2.21. The molecule has 4 heteroatoms. The number of piperidine rings is 1. The van der Waals surface area contributed by atoms with Crippen molar-refractivity contribution in [2.24, 2.45) is 5.92 Å². The average Bonchev–Trinajstić information content (AvgIpc) is 2.38. The number of anilines is 1. The maximum absolute atomic E-state index is 10.8. The minimum Gasteiger partial charge on any atom is -0.369 e. The molecular weight excluding hydrogens is 202 g/mol. The zero-order valence-electron chi connectivity index (χ0n) is 8.97. The lowest BCUT2D eigenvalue weighted by Gasteiger charge is -2.32. The van der Waals surface area contributed by atoms with Crippen molar-refractivity contribution in [3.63, 3.8) is 0 Å². The highest BCUT2D eigenvalue weighted by molar-refractivity contribution is 5.61. The molecule has 1 saturated heterocycles. The predicted molar refractivity (Wildman–Crippen MR) is 60.0 cm³/mol. The van der Waals surface area contributed by atoms with Crippen LogP contribution in [0.5, 0.6) is 0 Å². The Morgan fingerprint density at radius 3 is 3.25 bits per heavy atom. The standard InChI is InChI=1S/C12H13N3O/c13-6-11-3-4-14-7-12(11)15-5-1-2-10(8-15)9-16/h3-4,7,9-10H,1-2,5,8H2. The molecule has 0 amide bonds. The molecule has 1 aromatic rings. The van der Waals surface area contributed by atoms with Gasteiger partial charge in [0.1, 0.15) is 12.4 Å². The number of carbonyl (C=O) groups excluding carboxylic acids is 1. The van der Waals surface area contributed by atoms with E-state index in [1.807, 2.05) is 0 Å². The summed E-state index contributed by atoms with van der Waals surface area (Å²) < 4.78 is 0. The zero-order valence-corrected chi connectivity index (χ0v) is 8.97. The molecule has 1 unspecified atom stereocenters. The molecule has 2 heterocycles. The van der Waals surface area contributed by atoms with Crippen molar-refractivity contribution < 1.29 is 4.79 Å². The van der Waals surface area contributed by atoms with E-state index < -0.39 is 0 Å². The molecule has 0 bridgehead atoms. The molecular formula is C12H13N3O. The van der Waals surface area contributed by atoms with Gasteiger partial charge in [-0.25, -0.2) is 0 Å². The molecule has 82 valence electrons. The van der Waals surface area contributed by atoms with Gasteiger partial charge in [-0.1, -0.05) is 0 Å². The van der Waals surface area contributed by atoms with E-state index in [0.29, 0.717) is 12.1 Å². The van der Waals surface area contributed by atoms with Crippen LogP contribution >= 0.6 is 0 Å². The Morgan fingerprint density at radius 2 is 2.50 bits per heavy atom. The van der Waals surface area contributed by atoms with Crippen LogP contribution in [-0.4, -0.2) is 24.4 Å². The first-order valence-electron chi connectivity index (χ1n) is 5.39. The van der Waals surface area contributed by atoms with Crippen LogP contribution in [0.3, 0.4) is 0 Å². The van der Waals surface area contributed by atoms with Gasteiger partial charge in [0, 0.05) is 25.2 Å². The largest absolute Gasteiger partial charge is 0.369 e. The fourth-order valence-corrected chi connectivity index (χ4v) is 2.07. The lowest BCUT2D eigenvalue weighted by atomic mass is 9.99. The summed E-state index contributed by atoms with van der Waals surface area (Å²) in [5, 5.41) is 9.00. The predicted octanol–water partition coefficient (Wildman–Crippen LogP) is 1.37. The summed E-state index contributed by atoms with van der Waals surface area (Å²) in [6.07, 6.45) is 6.26. The van der Waals surface area contributed by atoms with Gasteiger partial charge in [-0.2, -0.15) is 5.26 Å². The summed E-state index contributed by atoms with van der Waals surface area (Å²) in [4.78, 5) is 16.9. The van der Waals surface area contributed by atoms with E-state index in [9.17, 15) is 4.79 Å². The number of carbonyl (C=O) groups is 1. The number of hydrogen-bond donors (Lipinski definition) is 0. The molecule has 1 fully saturated rings. The van der Waals surface area contributed by atoms with Crippen LogP contribution in [0.4, 0.5) is 5.69 Å². The highest BCUT2D eigenvalue weighted by Crippen LogP contribution is 2.24. The molecule has 0 spiro atoms. The summed E-state index contributed by atoms with van der Waals surface area (Å²) in [6, 6.07) is 3.86. The third-order valence-electron chi connectivity index (χ3n) is 2.91. The molecule has 1 atom stereocenters. The van der Waals surface area contributed by atoms with Crippen molar-refractivity contribution in [3.8, 4) is 6.07 Å². The van der Waals surface area contributed by atoms with Crippen LogP contribution in [0.25, 0.3) is 0 Å². The molecule has 0 aliphatic carbocycles. The van der Waals surface area contributed by atoms with Gasteiger partial charge in [-0.05, 0) is 18.9 Å². The molecule has 0 saturated carbocycles. The Balaban J connectivity index is 2.23. The summed E-state index contributed by atoms with van der Waals surface area (Å²) in [5.41, 5.74) is 1.47. The summed E-state index contributed by atoms with van der Waals surface area (Å²) >= 11 is 0. The van der Waals surface area contributed by atoms with Crippen LogP contribution in [0.2, 0.25) is 0 Å². The molecule has 4 nitrogen and oxygen atoms in total. The van der Waals surface area contributed by atoms with Gasteiger partial charge in [0.05, 0.1) is 17.4 Å². The topological polar surface area (TPSA) is 57.0 Å². The van der Waals surface area contributed by atoms with Crippen molar-refractivity contribution in [2.45, 2.75) is 12.8 Å². The molecule has 0 radical (unpaired) electrons. The number of nitrogens with zero attached hydrogens (tertiary/aromatic N) is 3. The lowest BCUT2D eigenvalue weighted by molar-refractivity contribution is -0.111. The third-order valence-corrected chi connectivity index (χ3v) is 2.91. The first-order chi connectivity index (χ1) is 7.85. The molecule has 1 aliphatic rings. The molecule has 1 aliphatic heterocycles. The van der Waals surface area contributed by atoms with Crippen molar-refractivity contribution in [1.29, 1.82) is 5.26 Å². The number of hydrogen-bond acceptors (Lipinski definition) is 4. The Bertz CT molecular complexity index is 425. The molecule has 0 aromatic carbocycles. The van der Waals surface area contributed by atoms with Gasteiger partial charge >= 0.3 is 0 Å². The van der Waals surface area contributed by atoms with E-state index in [-0.39, 0.29) is 5.92 Å². The van der Waals surface area contributed by atoms with Crippen molar-refractivity contribution >= 4 is 12.0 Å². The number of aromatic nitrogens is 1. The quantitative estimate of drug-likeness (QED) is 0.699. The maximum Gasteiger partial charge on any atom is 0.124 e. The fraction of sp³-hybridized carbons (Fsp3) is 0.417. The number of pyridine rings is 1. The minimum absolute atomic E-state index is 0.0838. The Labute approximate surface area is 94.5 Å². The zero-order chi connectivity index (χ0) is 11.4. The molecule has 16 heavy (non-hydrogen) atoms. The van der Waals surface area contributed by atoms with E-state index in [2.05, 4.69) is 16.0 Å². The normalized spacial score (nSPS) is 20.2. The van der Waals surface area contributed by atoms with E-state index in [1.54, 1.807) is 18.5 Å². The monoisotopic (exact) mass is 215 g/mol. The van der Waals surface area contributed by atoms with Crippen molar-refractivity contribution in [2.75, 3.05) is 18.0 Å². The molecule has 2 rings (SSSR count). The third kappa shape index (κ3) is 2.03. The highest BCUT2D eigenvalue weighted by atomic mass is 16.1. The van der Waals surface area contributed by atoms with E-state index in [1.165, 1.54) is 0 Å². The molecule has 0 N–H and O–H groups in total. The SMILES string of the molecule is N#Cc1ccncc1N1CCCC(C=O)C1.